The van der Waals surface area contributed by atoms with Crippen molar-refractivity contribution in [2.24, 2.45) is 10.9 Å². The molecule has 0 radical (unpaired) electrons. The van der Waals surface area contributed by atoms with E-state index in [9.17, 15) is 4.79 Å². The molecule has 6 heteroatoms. The van der Waals surface area contributed by atoms with E-state index < -0.39 is 0 Å². The van der Waals surface area contributed by atoms with Gasteiger partial charge in [0.05, 0.1) is 0 Å². The van der Waals surface area contributed by atoms with Crippen molar-refractivity contribution in [1.82, 2.24) is 5.32 Å². The predicted octanol–water partition coefficient (Wildman–Crippen LogP) is 1.55. The van der Waals surface area contributed by atoms with Crippen LogP contribution in [0.1, 0.15) is 23.2 Å². The summed E-state index contributed by atoms with van der Waals surface area (Å²) < 4.78 is 1.02. The zero-order chi connectivity index (χ0) is 12.7. The Bertz CT molecular complexity index is 421. The highest BCUT2D eigenvalue weighted by molar-refractivity contribution is 14.1. The minimum Gasteiger partial charge on any atom is -0.409 e. The van der Waals surface area contributed by atoms with E-state index in [1.165, 1.54) is 0 Å². The molecular weight excluding hydrogens is 333 g/mol. The minimum absolute atomic E-state index is 0.108. The maximum atomic E-state index is 11.7. The van der Waals surface area contributed by atoms with Crippen molar-refractivity contribution >= 4 is 34.3 Å². The van der Waals surface area contributed by atoms with Crippen LogP contribution in [-0.2, 0) is 0 Å². The van der Waals surface area contributed by atoms with E-state index in [2.05, 4.69) is 33.1 Å². The van der Waals surface area contributed by atoms with Crippen LogP contribution in [-0.4, -0.2) is 23.5 Å². The van der Waals surface area contributed by atoms with E-state index in [1.54, 1.807) is 6.07 Å². The van der Waals surface area contributed by atoms with Crippen LogP contribution in [0.4, 0.5) is 0 Å². The van der Waals surface area contributed by atoms with Crippen molar-refractivity contribution in [2.75, 3.05) is 6.54 Å². The lowest BCUT2D eigenvalue weighted by Gasteiger charge is -2.05. The van der Waals surface area contributed by atoms with Gasteiger partial charge < -0.3 is 16.3 Å². The van der Waals surface area contributed by atoms with Gasteiger partial charge in [-0.3, -0.25) is 4.79 Å². The van der Waals surface area contributed by atoms with Crippen LogP contribution in [0, 0.1) is 3.57 Å². The maximum absolute atomic E-state index is 11.7. The number of nitrogens with one attached hydrogen (secondary N) is 1. The number of carbonyl (C=O) groups excluding carboxylic acids is 1. The quantitative estimate of drug-likeness (QED) is 0.189. The number of amidine groups is 1. The van der Waals surface area contributed by atoms with Gasteiger partial charge in [-0.2, -0.15) is 0 Å². The van der Waals surface area contributed by atoms with Crippen LogP contribution >= 0.6 is 22.6 Å². The number of nitrogens with two attached hydrogens (primary N) is 1. The van der Waals surface area contributed by atoms with Crippen LogP contribution in [0.25, 0.3) is 0 Å². The second-order valence-electron chi connectivity index (χ2n) is 3.46. The predicted molar refractivity (Wildman–Crippen MR) is 74.1 cm³/mol. The Kier molecular flexibility index (Phi) is 5.75. The summed E-state index contributed by atoms with van der Waals surface area (Å²) >= 11 is 2.16. The Hall–Kier alpha value is -1.31. The smallest absolute Gasteiger partial charge is 0.251 e. The Morgan fingerprint density at radius 2 is 2.29 bits per heavy atom. The van der Waals surface area contributed by atoms with Gasteiger partial charge in [-0.15, -0.1) is 0 Å². The van der Waals surface area contributed by atoms with Gasteiger partial charge in [0.2, 0.25) is 0 Å². The molecule has 4 N–H and O–H groups in total. The average Bonchev–Trinajstić information content (AvgIpc) is 2.34. The molecule has 1 rings (SSSR count). The topological polar surface area (TPSA) is 87.7 Å². The lowest BCUT2D eigenvalue weighted by atomic mass is 10.2. The third kappa shape index (κ3) is 5.03. The van der Waals surface area contributed by atoms with Crippen LogP contribution in [0.5, 0.6) is 0 Å². The van der Waals surface area contributed by atoms with Crippen molar-refractivity contribution in [2.45, 2.75) is 12.8 Å². The number of amides is 1. The van der Waals surface area contributed by atoms with Crippen LogP contribution in [0.3, 0.4) is 0 Å². The van der Waals surface area contributed by atoms with Gasteiger partial charge in [-0.05, 0) is 47.2 Å². The van der Waals surface area contributed by atoms with E-state index in [4.69, 9.17) is 10.9 Å². The average molecular weight is 347 g/mol. The van der Waals surface area contributed by atoms with Crippen molar-refractivity contribution in [3.05, 3.63) is 33.4 Å². The molecule has 0 saturated heterocycles. The van der Waals surface area contributed by atoms with Gasteiger partial charge >= 0.3 is 0 Å². The van der Waals surface area contributed by atoms with E-state index in [0.29, 0.717) is 24.9 Å². The molecule has 0 spiro atoms. The Morgan fingerprint density at radius 3 is 2.94 bits per heavy atom. The van der Waals surface area contributed by atoms with Gasteiger partial charge in [0.15, 0.2) is 0 Å². The molecule has 0 bridgehead atoms. The van der Waals surface area contributed by atoms with E-state index in [1.807, 2.05) is 18.2 Å². The summed E-state index contributed by atoms with van der Waals surface area (Å²) in [6.45, 7) is 0.501. The fourth-order valence-corrected chi connectivity index (χ4v) is 1.80. The first-order valence-electron chi connectivity index (χ1n) is 5.13. The number of oxime groups is 1. The number of hydrogen-bond donors (Lipinski definition) is 3. The molecule has 0 aliphatic heterocycles. The number of hydrogen-bond acceptors (Lipinski definition) is 3. The second-order valence-corrected chi connectivity index (χ2v) is 4.71. The maximum Gasteiger partial charge on any atom is 0.251 e. The SMILES string of the molecule is NC(CCCNC(=O)c1cccc(I)c1)=NO. The standard InChI is InChI=1S/C11H14IN3O2/c12-9-4-1-3-8(7-9)11(16)14-6-2-5-10(13)15-17/h1,3-4,7,17H,2,5-6H2,(H2,13,15)(H,14,16). The fraction of sp³-hybridized carbons (Fsp3) is 0.273. The zero-order valence-corrected chi connectivity index (χ0v) is 11.3. The molecule has 0 aliphatic rings. The summed E-state index contributed by atoms with van der Waals surface area (Å²) in [5, 5.41) is 14.0. The molecule has 0 fully saturated rings. The lowest BCUT2D eigenvalue weighted by Crippen LogP contribution is -2.25. The first-order chi connectivity index (χ1) is 8.13. The Morgan fingerprint density at radius 1 is 1.53 bits per heavy atom. The molecule has 0 saturated carbocycles. The normalized spacial score (nSPS) is 11.2. The van der Waals surface area contributed by atoms with Crippen LogP contribution in [0.2, 0.25) is 0 Å². The van der Waals surface area contributed by atoms with Gasteiger partial charge in [0.1, 0.15) is 5.84 Å². The van der Waals surface area contributed by atoms with Gasteiger partial charge in [0, 0.05) is 22.1 Å². The first-order valence-corrected chi connectivity index (χ1v) is 6.21. The van der Waals surface area contributed by atoms with Crippen LogP contribution < -0.4 is 11.1 Å². The summed E-state index contributed by atoms with van der Waals surface area (Å²) in [6, 6.07) is 7.35. The van der Waals surface area contributed by atoms with E-state index in [-0.39, 0.29) is 11.7 Å². The summed E-state index contributed by atoms with van der Waals surface area (Å²) in [7, 11) is 0. The third-order valence-electron chi connectivity index (χ3n) is 2.11. The highest BCUT2D eigenvalue weighted by Crippen LogP contribution is 2.07. The number of benzene rings is 1. The first kappa shape index (κ1) is 13.8. The molecule has 0 atom stereocenters. The Balaban J connectivity index is 2.35. The molecule has 0 heterocycles. The summed E-state index contributed by atoms with van der Waals surface area (Å²) in [4.78, 5) is 11.7. The monoisotopic (exact) mass is 347 g/mol. The number of nitrogens with zero attached hydrogens (tertiary/aromatic N) is 1. The molecular formula is C11H14IN3O2. The molecule has 17 heavy (non-hydrogen) atoms. The molecule has 0 aliphatic carbocycles. The van der Waals surface area contributed by atoms with Crippen molar-refractivity contribution < 1.29 is 10.0 Å². The molecule has 5 nitrogen and oxygen atoms in total. The zero-order valence-electron chi connectivity index (χ0n) is 9.19. The van der Waals surface area contributed by atoms with Crippen molar-refractivity contribution in [3.63, 3.8) is 0 Å². The molecule has 0 aromatic heterocycles. The molecule has 92 valence electrons. The number of rotatable bonds is 5. The largest absolute Gasteiger partial charge is 0.409 e. The van der Waals surface area contributed by atoms with Gasteiger partial charge in [-0.25, -0.2) is 0 Å². The van der Waals surface area contributed by atoms with E-state index >= 15 is 0 Å². The van der Waals surface area contributed by atoms with Gasteiger partial charge in [-0.1, -0.05) is 11.2 Å². The van der Waals surface area contributed by atoms with Crippen LogP contribution in [0.15, 0.2) is 29.4 Å². The van der Waals surface area contributed by atoms with E-state index in [0.717, 1.165) is 3.57 Å². The van der Waals surface area contributed by atoms with Crippen molar-refractivity contribution in [3.8, 4) is 0 Å². The third-order valence-corrected chi connectivity index (χ3v) is 2.78. The lowest BCUT2D eigenvalue weighted by molar-refractivity contribution is 0.0953. The Labute approximate surface area is 113 Å². The second kappa shape index (κ2) is 7.10. The van der Waals surface area contributed by atoms with Crippen molar-refractivity contribution in [1.29, 1.82) is 0 Å². The summed E-state index contributed by atoms with van der Waals surface area (Å²) in [5.74, 6) is 0.0662. The number of halogens is 1. The molecule has 1 aromatic carbocycles. The molecule has 1 aromatic rings. The van der Waals surface area contributed by atoms with Gasteiger partial charge in [0.25, 0.3) is 5.91 Å². The molecule has 0 unspecified atom stereocenters. The summed E-state index contributed by atoms with van der Waals surface area (Å²) in [6.07, 6.45) is 1.11. The minimum atomic E-state index is -0.108. The number of carbonyl (C=O) groups is 1. The summed E-state index contributed by atoms with van der Waals surface area (Å²) in [5.41, 5.74) is 5.95. The fourth-order valence-electron chi connectivity index (χ4n) is 1.25. The molecule has 1 amide bonds. The highest BCUT2D eigenvalue weighted by atomic mass is 127. The highest BCUT2D eigenvalue weighted by Gasteiger charge is 2.04.